The minimum absolute atomic E-state index is 0.0386. The van der Waals surface area contributed by atoms with E-state index >= 15 is 0 Å². The van der Waals surface area contributed by atoms with E-state index in [1.165, 1.54) is 12.1 Å². The lowest BCUT2D eigenvalue weighted by Crippen LogP contribution is -2.00. The highest BCUT2D eigenvalue weighted by Crippen LogP contribution is 2.24. The zero-order valence-electron chi connectivity index (χ0n) is 10.1. The van der Waals surface area contributed by atoms with Gasteiger partial charge in [0.2, 0.25) is 0 Å². The van der Waals surface area contributed by atoms with Crippen molar-refractivity contribution in [3.8, 4) is 5.75 Å². The molecule has 2 rings (SSSR count). The Labute approximate surface area is 110 Å². The van der Waals surface area contributed by atoms with Crippen molar-refractivity contribution in [1.29, 1.82) is 0 Å². The number of phenolic OH excluding ortho intramolecular Hbond substituents is 1. The van der Waals surface area contributed by atoms with Gasteiger partial charge in [0.15, 0.2) is 0 Å². The number of anilines is 1. The molecule has 4 N–H and O–H groups in total. The van der Waals surface area contributed by atoms with Crippen molar-refractivity contribution in [2.75, 3.05) is 5.73 Å². The van der Waals surface area contributed by atoms with Gasteiger partial charge in [-0.2, -0.15) is 0 Å². The first kappa shape index (κ1) is 12.7. The number of nitrogen functional groups attached to an aromatic ring is 1. The average Bonchev–Trinajstić information content (AvgIpc) is 2.39. The number of hydrogen-bond acceptors (Lipinski definition) is 3. The van der Waals surface area contributed by atoms with Gasteiger partial charge < -0.3 is 15.9 Å². The van der Waals surface area contributed by atoms with E-state index in [0.717, 1.165) is 0 Å². The molecule has 0 radical (unpaired) electrons. The minimum Gasteiger partial charge on any atom is -0.507 e. The number of carboxylic acid groups (broad SMARTS) is 1. The number of hydrogen-bond donors (Lipinski definition) is 3. The van der Waals surface area contributed by atoms with Crippen molar-refractivity contribution < 1.29 is 15.0 Å². The molecular weight excluding hydrogens is 242 g/mol. The lowest BCUT2D eigenvalue weighted by atomic mass is 10.0. The number of carboxylic acids is 1. The fraction of sp³-hybridized carbons (Fsp3) is 0. The molecule has 0 amide bonds. The van der Waals surface area contributed by atoms with Gasteiger partial charge in [0.05, 0.1) is 5.57 Å². The first-order valence-electron chi connectivity index (χ1n) is 5.67. The second-order valence-electron chi connectivity index (χ2n) is 4.04. The number of phenols is 1. The Morgan fingerprint density at radius 1 is 1.05 bits per heavy atom. The maximum Gasteiger partial charge on any atom is 0.336 e. The number of carbonyl (C=O) groups is 1. The Balaban J connectivity index is 2.50. The van der Waals surface area contributed by atoms with Gasteiger partial charge in [-0.25, -0.2) is 4.79 Å². The second kappa shape index (κ2) is 5.27. The van der Waals surface area contributed by atoms with E-state index in [-0.39, 0.29) is 11.3 Å². The normalized spacial score (nSPS) is 11.3. The van der Waals surface area contributed by atoms with E-state index in [1.807, 2.05) is 0 Å². The summed E-state index contributed by atoms with van der Waals surface area (Å²) >= 11 is 0. The van der Waals surface area contributed by atoms with Crippen LogP contribution in [0.4, 0.5) is 5.69 Å². The molecule has 0 atom stereocenters. The van der Waals surface area contributed by atoms with Gasteiger partial charge in [-0.15, -0.1) is 0 Å². The summed E-state index contributed by atoms with van der Waals surface area (Å²) in [6.45, 7) is 0. The Morgan fingerprint density at radius 2 is 1.68 bits per heavy atom. The smallest absolute Gasteiger partial charge is 0.336 e. The van der Waals surface area contributed by atoms with Crippen LogP contribution in [0.5, 0.6) is 5.75 Å². The van der Waals surface area contributed by atoms with Crippen LogP contribution in [0, 0.1) is 0 Å². The number of benzene rings is 2. The highest BCUT2D eigenvalue weighted by molar-refractivity contribution is 6.20. The van der Waals surface area contributed by atoms with E-state index in [0.29, 0.717) is 16.8 Å². The highest BCUT2D eigenvalue weighted by Gasteiger charge is 2.11. The molecule has 19 heavy (non-hydrogen) atoms. The zero-order valence-corrected chi connectivity index (χ0v) is 10.1. The van der Waals surface area contributed by atoms with Crippen LogP contribution in [0.1, 0.15) is 11.1 Å². The predicted molar refractivity (Wildman–Crippen MR) is 74.5 cm³/mol. The van der Waals surface area contributed by atoms with Crippen molar-refractivity contribution in [1.82, 2.24) is 0 Å². The highest BCUT2D eigenvalue weighted by atomic mass is 16.4. The molecule has 4 nitrogen and oxygen atoms in total. The molecular formula is C15H13NO3. The third-order valence-electron chi connectivity index (χ3n) is 2.69. The molecule has 2 aromatic rings. The monoisotopic (exact) mass is 255 g/mol. The molecule has 2 aromatic carbocycles. The van der Waals surface area contributed by atoms with Gasteiger partial charge in [0.1, 0.15) is 5.75 Å². The lowest BCUT2D eigenvalue weighted by Gasteiger charge is -2.05. The summed E-state index contributed by atoms with van der Waals surface area (Å²) in [4.78, 5) is 11.3. The van der Waals surface area contributed by atoms with Crippen LogP contribution >= 0.6 is 0 Å². The molecule has 0 aliphatic carbocycles. The largest absolute Gasteiger partial charge is 0.507 e. The molecule has 0 heterocycles. The third kappa shape index (κ3) is 2.93. The zero-order chi connectivity index (χ0) is 13.8. The van der Waals surface area contributed by atoms with E-state index in [1.54, 1.807) is 42.5 Å². The summed E-state index contributed by atoms with van der Waals surface area (Å²) in [5.74, 6) is -1.02. The van der Waals surface area contributed by atoms with E-state index < -0.39 is 5.97 Å². The van der Waals surface area contributed by atoms with Crippen LogP contribution in [0.3, 0.4) is 0 Å². The van der Waals surface area contributed by atoms with Crippen LogP contribution in [-0.4, -0.2) is 16.2 Å². The summed E-state index contributed by atoms with van der Waals surface area (Å²) in [6.07, 6.45) is 1.43. The average molecular weight is 255 g/mol. The van der Waals surface area contributed by atoms with Gasteiger partial charge in [-0.3, -0.25) is 0 Å². The summed E-state index contributed by atoms with van der Waals surface area (Å²) in [5.41, 5.74) is 7.22. The summed E-state index contributed by atoms with van der Waals surface area (Å²) in [6, 6.07) is 13.1. The Bertz CT molecular complexity index is 630. The number of aliphatic carboxylic acids is 1. The topological polar surface area (TPSA) is 83.5 Å². The first-order valence-corrected chi connectivity index (χ1v) is 5.67. The summed E-state index contributed by atoms with van der Waals surface area (Å²) < 4.78 is 0. The van der Waals surface area contributed by atoms with Crippen LogP contribution in [0.25, 0.3) is 11.6 Å². The number of rotatable bonds is 3. The number of nitrogens with two attached hydrogens (primary N) is 1. The Kier molecular flexibility index (Phi) is 3.52. The molecule has 0 aliphatic heterocycles. The van der Waals surface area contributed by atoms with Gasteiger partial charge in [-0.1, -0.05) is 30.3 Å². The Morgan fingerprint density at radius 3 is 2.26 bits per heavy atom. The molecule has 0 fully saturated rings. The minimum atomic E-state index is -1.06. The predicted octanol–water partition coefficient (Wildman–Crippen LogP) is 2.60. The van der Waals surface area contributed by atoms with E-state index in [2.05, 4.69) is 0 Å². The number of para-hydroxylation sites is 1. The molecule has 0 saturated heterocycles. The Hall–Kier alpha value is -2.75. The van der Waals surface area contributed by atoms with E-state index in [4.69, 9.17) is 5.73 Å². The first-order chi connectivity index (χ1) is 9.08. The van der Waals surface area contributed by atoms with Crippen LogP contribution in [-0.2, 0) is 4.79 Å². The van der Waals surface area contributed by atoms with Crippen molar-refractivity contribution in [2.45, 2.75) is 0 Å². The van der Waals surface area contributed by atoms with Crippen molar-refractivity contribution in [2.24, 2.45) is 0 Å². The van der Waals surface area contributed by atoms with Crippen molar-refractivity contribution in [3.05, 3.63) is 59.7 Å². The maximum absolute atomic E-state index is 11.3. The molecule has 0 bridgehead atoms. The summed E-state index contributed by atoms with van der Waals surface area (Å²) in [5, 5.41) is 18.9. The molecule has 0 saturated carbocycles. The molecule has 4 heteroatoms. The van der Waals surface area contributed by atoms with Crippen LogP contribution in [0.2, 0.25) is 0 Å². The van der Waals surface area contributed by atoms with Crippen LogP contribution < -0.4 is 5.73 Å². The number of aromatic hydroxyl groups is 1. The fourth-order valence-electron chi connectivity index (χ4n) is 1.70. The van der Waals surface area contributed by atoms with Gasteiger partial charge >= 0.3 is 5.97 Å². The maximum atomic E-state index is 11.3. The van der Waals surface area contributed by atoms with Gasteiger partial charge in [-0.05, 0) is 29.8 Å². The molecule has 0 aromatic heterocycles. The van der Waals surface area contributed by atoms with Crippen molar-refractivity contribution in [3.63, 3.8) is 0 Å². The second-order valence-corrected chi connectivity index (χ2v) is 4.04. The quantitative estimate of drug-likeness (QED) is 0.447. The lowest BCUT2D eigenvalue weighted by molar-refractivity contribution is -0.130. The van der Waals surface area contributed by atoms with Gasteiger partial charge in [0, 0.05) is 11.3 Å². The van der Waals surface area contributed by atoms with E-state index in [9.17, 15) is 15.0 Å². The molecule has 0 unspecified atom stereocenters. The summed E-state index contributed by atoms with van der Waals surface area (Å²) in [7, 11) is 0. The third-order valence-corrected chi connectivity index (χ3v) is 2.69. The van der Waals surface area contributed by atoms with Crippen LogP contribution in [0.15, 0.2) is 48.5 Å². The molecule has 96 valence electrons. The fourth-order valence-corrected chi connectivity index (χ4v) is 1.70. The molecule has 0 aliphatic rings. The SMILES string of the molecule is Nc1ccc(/C(=C/c2ccccc2O)C(=O)O)cc1. The molecule has 0 spiro atoms. The van der Waals surface area contributed by atoms with Gasteiger partial charge in [0.25, 0.3) is 0 Å². The standard InChI is InChI=1S/C15H13NO3/c16-12-7-5-10(6-8-12)13(15(18)19)9-11-3-1-2-4-14(11)17/h1-9,17H,16H2,(H,18,19)/b13-9-. The van der Waals surface area contributed by atoms with Crippen molar-refractivity contribution >= 4 is 23.3 Å².